The standard InChI is InChI=1S/C11H11NO4/c1-16-11(13)8-5-7-3-2-4-10(12(14)15)9(7)6-8/h2-4,8H,5-6H2,1H3. The highest BCUT2D eigenvalue weighted by Crippen LogP contribution is 2.33. The molecule has 0 aliphatic heterocycles. The second-order valence-electron chi connectivity index (χ2n) is 3.80. The zero-order valence-electron chi connectivity index (χ0n) is 8.80. The smallest absolute Gasteiger partial charge is 0.309 e. The van der Waals surface area contributed by atoms with E-state index in [0.717, 1.165) is 5.56 Å². The maximum atomic E-state index is 11.4. The van der Waals surface area contributed by atoms with Gasteiger partial charge in [-0.3, -0.25) is 14.9 Å². The largest absolute Gasteiger partial charge is 0.469 e. The predicted molar refractivity (Wildman–Crippen MR) is 56.0 cm³/mol. The van der Waals surface area contributed by atoms with Crippen molar-refractivity contribution < 1.29 is 14.5 Å². The van der Waals surface area contributed by atoms with Crippen molar-refractivity contribution in [2.45, 2.75) is 12.8 Å². The van der Waals surface area contributed by atoms with Crippen LogP contribution in [-0.4, -0.2) is 18.0 Å². The molecule has 1 atom stereocenters. The number of rotatable bonds is 2. The molecule has 2 rings (SSSR count). The van der Waals surface area contributed by atoms with Gasteiger partial charge in [0.15, 0.2) is 0 Å². The van der Waals surface area contributed by atoms with Crippen LogP contribution in [0.15, 0.2) is 18.2 Å². The highest BCUT2D eigenvalue weighted by Gasteiger charge is 2.32. The molecule has 1 aromatic carbocycles. The Hall–Kier alpha value is -1.91. The van der Waals surface area contributed by atoms with Crippen molar-refractivity contribution in [1.29, 1.82) is 0 Å². The fourth-order valence-corrected chi connectivity index (χ4v) is 2.14. The molecule has 0 saturated heterocycles. The van der Waals surface area contributed by atoms with Gasteiger partial charge in [-0.15, -0.1) is 0 Å². The summed E-state index contributed by atoms with van der Waals surface area (Å²) in [6.07, 6.45) is 0.933. The third-order valence-electron chi connectivity index (χ3n) is 2.90. The minimum Gasteiger partial charge on any atom is -0.469 e. The Balaban J connectivity index is 2.34. The number of nitro benzene ring substituents is 1. The zero-order valence-corrected chi connectivity index (χ0v) is 8.80. The van der Waals surface area contributed by atoms with Gasteiger partial charge in [0, 0.05) is 11.6 Å². The molecule has 1 aromatic rings. The minimum atomic E-state index is -0.404. The average molecular weight is 221 g/mol. The summed E-state index contributed by atoms with van der Waals surface area (Å²) >= 11 is 0. The van der Waals surface area contributed by atoms with Crippen molar-refractivity contribution in [2.24, 2.45) is 5.92 Å². The first-order valence-electron chi connectivity index (χ1n) is 4.96. The van der Waals surface area contributed by atoms with Gasteiger partial charge in [-0.25, -0.2) is 0 Å². The van der Waals surface area contributed by atoms with E-state index >= 15 is 0 Å². The first-order valence-corrected chi connectivity index (χ1v) is 4.96. The van der Waals surface area contributed by atoms with Crippen molar-refractivity contribution in [1.82, 2.24) is 0 Å². The molecule has 0 bridgehead atoms. The molecule has 84 valence electrons. The monoisotopic (exact) mass is 221 g/mol. The SMILES string of the molecule is COC(=O)C1Cc2cccc([N+](=O)[O-])c2C1. The molecule has 0 amide bonds. The fraction of sp³-hybridized carbons (Fsp3) is 0.364. The van der Waals surface area contributed by atoms with Gasteiger partial charge in [0.25, 0.3) is 5.69 Å². The first kappa shape index (κ1) is 10.6. The summed E-state index contributed by atoms with van der Waals surface area (Å²) in [6, 6.07) is 4.94. The van der Waals surface area contributed by atoms with Gasteiger partial charge in [-0.2, -0.15) is 0 Å². The Morgan fingerprint density at radius 1 is 1.50 bits per heavy atom. The number of hydrogen-bond donors (Lipinski definition) is 0. The number of carbonyl (C=O) groups is 1. The van der Waals surface area contributed by atoms with E-state index in [1.807, 2.05) is 6.07 Å². The van der Waals surface area contributed by atoms with Crippen molar-refractivity contribution in [3.63, 3.8) is 0 Å². The second-order valence-corrected chi connectivity index (χ2v) is 3.80. The van der Waals surface area contributed by atoms with Crippen LogP contribution in [0.3, 0.4) is 0 Å². The average Bonchev–Trinajstić information content (AvgIpc) is 2.70. The van der Waals surface area contributed by atoms with Crippen LogP contribution in [0.25, 0.3) is 0 Å². The van der Waals surface area contributed by atoms with E-state index in [1.54, 1.807) is 6.07 Å². The minimum absolute atomic E-state index is 0.101. The number of esters is 1. The van der Waals surface area contributed by atoms with E-state index in [1.165, 1.54) is 13.2 Å². The Morgan fingerprint density at radius 3 is 2.88 bits per heavy atom. The first-order chi connectivity index (χ1) is 7.63. The van der Waals surface area contributed by atoms with Crippen LogP contribution < -0.4 is 0 Å². The molecule has 5 nitrogen and oxygen atoms in total. The van der Waals surface area contributed by atoms with Gasteiger partial charge in [-0.1, -0.05) is 12.1 Å². The van der Waals surface area contributed by atoms with Crippen molar-refractivity contribution in [3.05, 3.63) is 39.4 Å². The van der Waals surface area contributed by atoms with Crippen LogP contribution in [0.1, 0.15) is 11.1 Å². The molecule has 0 N–H and O–H groups in total. The van der Waals surface area contributed by atoms with E-state index in [-0.39, 0.29) is 17.6 Å². The van der Waals surface area contributed by atoms with Gasteiger partial charge in [0.2, 0.25) is 0 Å². The highest BCUT2D eigenvalue weighted by molar-refractivity contribution is 5.75. The number of ether oxygens (including phenoxy) is 1. The van der Waals surface area contributed by atoms with Crippen molar-refractivity contribution >= 4 is 11.7 Å². The number of nitro groups is 1. The number of nitrogens with zero attached hydrogens (tertiary/aromatic N) is 1. The van der Waals surface area contributed by atoms with Gasteiger partial charge in [0.05, 0.1) is 18.0 Å². The molecule has 1 unspecified atom stereocenters. The molecule has 0 fully saturated rings. The Kier molecular flexibility index (Phi) is 2.60. The Morgan fingerprint density at radius 2 is 2.25 bits per heavy atom. The van der Waals surface area contributed by atoms with Crippen LogP contribution >= 0.6 is 0 Å². The van der Waals surface area contributed by atoms with Crippen molar-refractivity contribution in [2.75, 3.05) is 7.11 Å². The van der Waals surface area contributed by atoms with Crippen LogP contribution in [0.4, 0.5) is 5.69 Å². The lowest BCUT2D eigenvalue weighted by Crippen LogP contribution is -2.16. The van der Waals surface area contributed by atoms with Crippen LogP contribution in [0, 0.1) is 16.0 Å². The molecule has 0 saturated carbocycles. The van der Waals surface area contributed by atoms with E-state index in [0.29, 0.717) is 18.4 Å². The summed E-state index contributed by atoms with van der Waals surface area (Å²) in [6.45, 7) is 0. The molecular formula is C11H11NO4. The molecule has 16 heavy (non-hydrogen) atoms. The van der Waals surface area contributed by atoms with E-state index in [2.05, 4.69) is 4.74 Å². The summed E-state index contributed by atoms with van der Waals surface area (Å²) in [5.41, 5.74) is 1.65. The molecule has 0 spiro atoms. The van der Waals surface area contributed by atoms with Crippen molar-refractivity contribution in [3.8, 4) is 0 Å². The van der Waals surface area contributed by atoms with Crippen LogP contribution in [0.5, 0.6) is 0 Å². The van der Waals surface area contributed by atoms with Gasteiger partial charge < -0.3 is 4.74 Å². The van der Waals surface area contributed by atoms with E-state index < -0.39 is 4.92 Å². The lowest BCUT2D eigenvalue weighted by molar-refractivity contribution is -0.385. The maximum Gasteiger partial charge on any atom is 0.309 e. The normalized spacial score (nSPS) is 17.9. The number of benzene rings is 1. The molecule has 0 radical (unpaired) electrons. The molecule has 1 aliphatic carbocycles. The summed E-state index contributed by atoms with van der Waals surface area (Å²) < 4.78 is 4.66. The van der Waals surface area contributed by atoms with E-state index in [9.17, 15) is 14.9 Å². The summed E-state index contributed by atoms with van der Waals surface area (Å²) in [4.78, 5) is 21.8. The maximum absolute atomic E-state index is 11.4. The number of carbonyl (C=O) groups excluding carboxylic acids is 1. The third-order valence-corrected chi connectivity index (χ3v) is 2.90. The summed E-state index contributed by atoms with van der Waals surface area (Å²) in [5, 5.41) is 10.8. The lowest BCUT2D eigenvalue weighted by atomic mass is 10.1. The van der Waals surface area contributed by atoms with Gasteiger partial charge >= 0.3 is 5.97 Å². The summed E-state index contributed by atoms with van der Waals surface area (Å²) in [5.74, 6) is -0.577. The molecule has 1 aliphatic rings. The van der Waals surface area contributed by atoms with Gasteiger partial charge in [0.1, 0.15) is 0 Å². The quantitative estimate of drug-likeness (QED) is 0.431. The van der Waals surface area contributed by atoms with Crippen LogP contribution in [0.2, 0.25) is 0 Å². The number of methoxy groups -OCH3 is 1. The van der Waals surface area contributed by atoms with Gasteiger partial charge in [-0.05, 0) is 18.4 Å². The number of hydrogen-bond acceptors (Lipinski definition) is 4. The Labute approximate surface area is 92.2 Å². The predicted octanol–water partition coefficient (Wildman–Crippen LogP) is 1.48. The van der Waals surface area contributed by atoms with Crippen LogP contribution in [-0.2, 0) is 22.4 Å². The Bertz CT molecular complexity index is 455. The summed E-state index contributed by atoms with van der Waals surface area (Å²) in [7, 11) is 1.33. The molecular weight excluding hydrogens is 210 g/mol. The molecule has 5 heteroatoms. The highest BCUT2D eigenvalue weighted by atomic mass is 16.6. The molecule has 0 heterocycles. The molecule has 0 aromatic heterocycles. The zero-order chi connectivity index (χ0) is 11.7. The van der Waals surface area contributed by atoms with E-state index in [4.69, 9.17) is 0 Å². The third kappa shape index (κ3) is 1.64. The number of fused-ring (bicyclic) bond motifs is 1. The second kappa shape index (κ2) is 3.92. The fourth-order valence-electron chi connectivity index (χ4n) is 2.14. The lowest BCUT2D eigenvalue weighted by Gasteiger charge is -2.04. The topological polar surface area (TPSA) is 69.4 Å².